The van der Waals surface area contributed by atoms with Crippen molar-refractivity contribution in [1.29, 1.82) is 0 Å². The van der Waals surface area contributed by atoms with Gasteiger partial charge in [0.15, 0.2) is 0 Å². The average Bonchev–Trinajstić information content (AvgIpc) is 3.89. The van der Waals surface area contributed by atoms with Gasteiger partial charge in [-0.05, 0) is 106 Å². The first-order valence-electron chi connectivity index (χ1n) is 22.2. The summed E-state index contributed by atoms with van der Waals surface area (Å²) >= 11 is 0. The molecule has 302 valence electrons. The zero-order valence-electron chi connectivity index (χ0n) is 35.4. The van der Waals surface area contributed by atoms with Gasteiger partial charge in [-0.3, -0.25) is 0 Å². The number of allylic oxidation sites excluding steroid dienone is 5. The van der Waals surface area contributed by atoms with Gasteiger partial charge in [0.2, 0.25) is 0 Å². The molecular formula is C62H44N2. The van der Waals surface area contributed by atoms with Crippen LogP contribution in [0.2, 0.25) is 0 Å². The Morgan fingerprint density at radius 3 is 1.89 bits per heavy atom. The first kappa shape index (κ1) is 37.6. The topological polar surface area (TPSA) is 9.86 Å². The van der Waals surface area contributed by atoms with E-state index >= 15 is 0 Å². The fraction of sp³-hybridized carbons (Fsp3) is 0.0323. The Kier molecular flexibility index (Phi) is 8.98. The van der Waals surface area contributed by atoms with Crippen LogP contribution in [0, 0.1) is 0 Å². The van der Waals surface area contributed by atoms with Crippen molar-refractivity contribution in [2.24, 2.45) is 0 Å². The lowest BCUT2D eigenvalue weighted by atomic mass is 9.63. The van der Waals surface area contributed by atoms with Gasteiger partial charge >= 0.3 is 0 Å². The standard InChI is InChI=1S/C62H44N2/c1-43-20-6-2-9-23-45-24-14-16-34-57(45)62(43,48-26-10-4-11-27-48)49-37-39-60-56(42-49)55-41-47(36-38-59(55)63(60)50-28-12-5-13-29-50)52-32-19-33-54-53-31-15-17-35-58(53)64(61(52)54)51-30-18-25-46(40-51)44-21-7-3-8-22-44/h2-22,24-42H,1,23H2/b9-2-,20-6-. The van der Waals surface area contributed by atoms with Crippen LogP contribution in [0.5, 0.6) is 0 Å². The number of nitrogens with zero attached hydrogens (tertiary/aromatic N) is 2. The third-order valence-corrected chi connectivity index (χ3v) is 13.4. The second-order valence-electron chi connectivity index (χ2n) is 16.9. The Morgan fingerprint density at radius 1 is 0.406 bits per heavy atom. The van der Waals surface area contributed by atoms with E-state index in [-0.39, 0.29) is 0 Å². The van der Waals surface area contributed by atoms with E-state index in [1.165, 1.54) is 77.1 Å². The number of aromatic nitrogens is 2. The lowest BCUT2D eigenvalue weighted by molar-refractivity contribution is 0.738. The summed E-state index contributed by atoms with van der Waals surface area (Å²) in [5.41, 5.74) is 17.0. The van der Waals surface area contributed by atoms with Crippen molar-refractivity contribution in [3.63, 3.8) is 0 Å². The highest BCUT2D eigenvalue weighted by molar-refractivity contribution is 6.16. The molecule has 2 nitrogen and oxygen atoms in total. The molecule has 9 aromatic carbocycles. The molecule has 0 spiro atoms. The molecule has 64 heavy (non-hydrogen) atoms. The van der Waals surface area contributed by atoms with Gasteiger partial charge < -0.3 is 9.13 Å². The van der Waals surface area contributed by atoms with Crippen molar-refractivity contribution >= 4 is 43.6 Å². The summed E-state index contributed by atoms with van der Waals surface area (Å²) in [4.78, 5) is 0. The molecular weight excluding hydrogens is 773 g/mol. The van der Waals surface area contributed by atoms with Crippen molar-refractivity contribution in [2.75, 3.05) is 0 Å². The van der Waals surface area contributed by atoms with Crippen LogP contribution in [0.4, 0.5) is 0 Å². The van der Waals surface area contributed by atoms with Gasteiger partial charge in [0, 0.05) is 38.5 Å². The Labute approximate surface area is 373 Å². The second kappa shape index (κ2) is 15.3. The smallest absolute Gasteiger partial charge is 0.0698 e. The first-order valence-corrected chi connectivity index (χ1v) is 22.2. The molecule has 0 aliphatic heterocycles. The number of hydrogen-bond donors (Lipinski definition) is 0. The van der Waals surface area contributed by atoms with Gasteiger partial charge in [-0.15, -0.1) is 0 Å². The summed E-state index contributed by atoms with van der Waals surface area (Å²) < 4.78 is 4.89. The Hall–Kier alpha value is -8.20. The van der Waals surface area contributed by atoms with Gasteiger partial charge in [-0.25, -0.2) is 0 Å². The third-order valence-electron chi connectivity index (χ3n) is 13.4. The van der Waals surface area contributed by atoms with Gasteiger partial charge in [-0.1, -0.05) is 195 Å². The first-order chi connectivity index (χ1) is 31.7. The zero-order valence-corrected chi connectivity index (χ0v) is 35.4. The minimum absolute atomic E-state index is 0.645. The summed E-state index contributed by atoms with van der Waals surface area (Å²) in [5, 5.41) is 4.87. The summed E-state index contributed by atoms with van der Waals surface area (Å²) in [6.45, 7) is 4.89. The van der Waals surface area contributed by atoms with Crippen LogP contribution >= 0.6 is 0 Å². The molecule has 2 aromatic heterocycles. The normalized spacial score (nSPS) is 16.1. The maximum absolute atomic E-state index is 4.89. The number of benzene rings is 9. The SMILES string of the molecule is C=C1/C=C\C=C/Cc2ccccc2C1(c1ccccc1)c1ccc2c(c1)c1cc(-c3cccc4c5ccccc5n(-c5cccc(-c6ccccc6)c5)c34)ccc1n2-c1ccccc1. The second-order valence-corrected chi connectivity index (χ2v) is 16.9. The predicted octanol–water partition coefficient (Wildman–Crippen LogP) is 15.8. The van der Waals surface area contributed by atoms with E-state index in [0.29, 0.717) is 0 Å². The van der Waals surface area contributed by atoms with E-state index in [4.69, 9.17) is 6.58 Å². The van der Waals surface area contributed by atoms with Gasteiger partial charge in [-0.2, -0.15) is 0 Å². The monoisotopic (exact) mass is 816 g/mol. The van der Waals surface area contributed by atoms with Crippen LogP contribution in [0.15, 0.2) is 255 Å². The molecule has 0 amide bonds. The number of para-hydroxylation sites is 3. The maximum Gasteiger partial charge on any atom is 0.0698 e. The molecule has 11 aromatic rings. The van der Waals surface area contributed by atoms with E-state index in [9.17, 15) is 0 Å². The molecule has 1 unspecified atom stereocenters. The molecule has 0 radical (unpaired) electrons. The number of fused-ring (bicyclic) bond motifs is 7. The minimum atomic E-state index is -0.645. The molecule has 1 aliphatic rings. The van der Waals surface area contributed by atoms with E-state index in [0.717, 1.165) is 34.4 Å². The van der Waals surface area contributed by atoms with Crippen LogP contribution in [0.25, 0.3) is 77.2 Å². The molecule has 1 aliphatic carbocycles. The molecule has 1 atom stereocenters. The zero-order chi connectivity index (χ0) is 42.6. The largest absolute Gasteiger partial charge is 0.309 e. The van der Waals surface area contributed by atoms with Crippen LogP contribution in [0.3, 0.4) is 0 Å². The van der Waals surface area contributed by atoms with Gasteiger partial charge in [0.25, 0.3) is 0 Å². The van der Waals surface area contributed by atoms with Crippen molar-refractivity contribution in [3.05, 3.63) is 277 Å². The summed E-state index contributed by atoms with van der Waals surface area (Å²) in [5.74, 6) is 0. The fourth-order valence-corrected chi connectivity index (χ4v) is 10.6. The van der Waals surface area contributed by atoms with E-state index in [1.807, 2.05) is 0 Å². The van der Waals surface area contributed by atoms with Crippen LogP contribution in [-0.4, -0.2) is 9.13 Å². The van der Waals surface area contributed by atoms with Crippen LogP contribution < -0.4 is 0 Å². The van der Waals surface area contributed by atoms with Crippen molar-refractivity contribution < 1.29 is 0 Å². The van der Waals surface area contributed by atoms with Crippen molar-refractivity contribution in [2.45, 2.75) is 11.8 Å². The maximum atomic E-state index is 4.89. The molecule has 2 heterocycles. The minimum Gasteiger partial charge on any atom is -0.309 e. The van der Waals surface area contributed by atoms with Crippen LogP contribution in [-0.2, 0) is 11.8 Å². The molecule has 0 bridgehead atoms. The quantitative estimate of drug-likeness (QED) is 0.158. The molecule has 0 saturated heterocycles. The van der Waals surface area contributed by atoms with E-state index in [1.54, 1.807) is 0 Å². The summed E-state index contributed by atoms with van der Waals surface area (Å²) in [6, 6.07) is 80.1. The molecule has 12 rings (SSSR count). The highest BCUT2D eigenvalue weighted by Gasteiger charge is 2.40. The fourth-order valence-electron chi connectivity index (χ4n) is 10.6. The highest BCUT2D eigenvalue weighted by atomic mass is 15.0. The van der Waals surface area contributed by atoms with E-state index < -0.39 is 5.41 Å². The number of hydrogen-bond acceptors (Lipinski definition) is 0. The van der Waals surface area contributed by atoms with Gasteiger partial charge in [0.05, 0.1) is 27.5 Å². The van der Waals surface area contributed by atoms with Crippen LogP contribution in [0.1, 0.15) is 22.3 Å². The Morgan fingerprint density at radius 2 is 1.05 bits per heavy atom. The molecule has 0 N–H and O–H groups in total. The van der Waals surface area contributed by atoms with Crippen molar-refractivity contribution in [1.82, 2.24) is 9.13 Å². The summed E-state index contributed by atoms with van der Waals surface area (Å²) in [7, 11) is 0. The van der Waals surface area contributed by atoms with Gasteiger partial charge in [0.1, 0.15) is 0 Å². The molecule has 0 fully saturated rings. The average molecular weight is 817 g/mol. The van der Waals surface area contributed by atoms with E-state index in [2.05, 4.69) is 252 Å². The predicted molar refractivity (Wildman–Crippen MR) is 270 cm³/mol. The van der Waals surface area contributed by atoms with Crippen molar-refractivity contribution in [3.8, 4) is 33.6 Å². The lowest BCUT2D eigenvalue weighted by Gasteiger charge is -2.38. The third kappa shape index (κ3) is 5.87. The Balaban J connectivity index is 1.14. The molecule has 0 saturated carbocycles. The highest BCUT2D eigenvalue weighted by Crippen LogP contribution is 2.49. The lowest BCUT2D eigenvalue weighted by Crippen LogP contribution is -2.32. The molecule has 2 heteroatoms. The summed E-state index contributed by atoms with van der Waals surface area (Å²) in [6.07, 6.45) is 9.59. The number of rotatable bonds is 6. The Bertz CT molecular complexity index is 3640.